The summed E-state index contributed by atoms with van der Waals surface area (Å²) in [6, 6.07) is 13.4. The number of benzene rings is 2. The van der Waals surface area contributed by atoms with Gasteiger partial charge in [0.05, 0.1) is 18.3 Å². The Hall–Kier alpha value is -3.71. The van der Waals surface area contributed by atoms with Crippen molar-refractivity contribution in [3.63, 3.8) is 0 Å². The van der Waals surface area contributed by atoms with Crippen molar-refractivity contribution < 1.29 is 5.11 Å². The zero-order valence-electron chi connectivity index (χ0n) is 14.8. The van der Waals surface area contributed by atoms with Gasteiger partial charge in [0.15, 0.2) is 0 Å². The number of rotatable bonds is 3. The SMILES string of the molecule is Nc1cc(C2Nc3ccccc3-c3ccnc4[nH]cc2c34)cc(CO)c1N=O. The molecule has 0 saturated carbocycles. The van der Waals surface area contributed by atoms with Gasteiger partial charge in [-0.05, 0) is 40.6 Å². The van der Waals surface area contributed by atoms with E-state index in [-0.39, 0.29) is 24.0 Å². The van der Waals surface area contributed by atoms with Gasteiger partial charge in [0.25, 0.3) is 0 Å². The third kappa shape index (κ3) is 2.30. The summed E-state index contributed by atoms with van der Waals surface area (Å²) >= 11 is 0. The second kappa shape index (κ2) is 6.17. The number of nitrogens with zero attached hydrogens (tertiary/aromatic N) is 2. The number of nitrogens with two attached hydrogens (primary N) is 1. The molecule has 0 radical (unpaired) electrons. The van der Waals surface area contributed by atoms with Crippen LogP contribution in [0.3, 0.4) is 0 Å². The van der Waals surface area contributed by atoms with E-state index < -0.39 is 0 Å². The zero-order chi connectivity index (χ0) is 19.3. The smallest absolute Gasteiger partial charge is 0.138 e. The molecule has 0 saturated heterocycles. The van der Waals surface area contributed by atoms with Crippen LogP contribution in [0.15, 0.2) is 60.0 Å². The Balaban J connectivity index is 1.80. The fourth-order valence-corrected chi connectivity index (χ4v) is 4.02. The molecule has 0 spiro atoms. The number of anilines is 2. The minimum absolute atomic E-state index is 0.0848. The third-order valence-corrected chi connectivity index (χ3v) is 5.27. The predicted octanol–water partition coefficient (Wildman–Crippen LogP) is 4.22. The van der Waals surface area contributed by atoms with Gasteiger partial charge in [-0.3, -0.25) is 0 Å². The van der Waals surface area contributed by atoms with Crippen molar-refractivity contribution in [3.05, 3.63) is 76.5 Å². The zero-order valence-corrected chi connectivity index (χ0v) is 14.8. The highest BCUT2D eigenvalue weighted by Crippen LogP contribution is 2.44. The van der Waals surface area contributed by atoms with Gasteiger partial charge in [-0.15, -0.1) is 4.91 Å². The summed E-state index contributed by atoms with van der Waals surface area (Å²) in [6.45, 7) is -0.316. The molecule has 138 valence electrons. The largest absolute Gasteiger partial charge is 0.397 e. The summed E-state index contributed by atoms with van der Waals surface area (Å²) in [5, 5.41) is 17.3. The van der Waals surface area contributed by atoms with Crippen LogP contribution in [0.2, 0.25) is 0 Å². The Labute approximate surface area is 160 Å². The molecular weight excluding hydrogens is 354 g/mol. The molecule has 1 atom stereocenters. The molecule has 2 aromatic carbocycles. The molecule has 0 bridgehead atoms. The van der Waals surface area contributed by atoms with Crippen molar-refractivity contribution >= 4 is 28.1 Å². The lowest BCUT2D eigenvalue weighted by atomic mass is 9.95. The first-order valence-electron chi connectivity index (χ1n) is 8.89. The number of aliphatic hydroxyl groups is 1. The lowest BCUT2D eigenvalue weighted by Crippen LogP contribution is -2.12. The molecule has 7 heteroatoms. The highest BCUT2D eigenvalue weighted by atomic mass is 16.3. The van der Waals surface area contributed by atoms with E-state index in [4.69, 9.17) is 5.73 Å². The van der Waals surface area contributed by atoms with E-state index in [1.165, 1.54) is 0 Å². The van der Waals surface area contributed by atoms with Crippen LogP contribution in [0.5, 0.6) is 0 Å². The monoisotopic (exact) mass is 371 g/mol. The first kappa shape index (κ1) is 16.5. The van der Waals surface area contributed by atoms with Gasteiger partial charge in [-0.2, -0.15) is 0 Å². The third-order valence-electron chi connectivity index (χ3n) is 5.27. The van der Waals surface area contributed by atoms with Crippen LogP contribution in [-0.2, 0) is 6.61 Å². The number of aromatic amines is 1. The number of para-hydroxylation sites is 1. The first-order valence-corrected chi connectivity index (χ1v) is 8.89. The molecule has 1 aliphatic rings. The maximum absolute atomic E-state index is 11.1. The number of hydrogen-bond acceptors (Lipinski definition) is 6. The fourth-order valence-electron chi connectivity index (χ4n) is 4.02. The summed E-state index contributed by atoms with van der Waals surface area (Å²) in [4.78, 5) is 18.8. The van der Waals surface area contributed by atoms with Crippen molar-refractivity contribution in [2.75, 3.05) is 11.1 Å². The summed E-state index contributed by atoms with van der Waals surface area (Å²) in [6.07, 6.45) is 3.73. The van der Waals surface area contributed by atoms with Crippen LogP contribution in [-0.4, -0.2) is 15.1 Å². The quantitative estimate of drug-likeness (QED) is 0.318. The average molecular weight is 371 g/mol. The van der Waals surface area contributed by atoms with Crippen LogP contribution in [0.1, 0.15) is 22.7 Å². The second-order valence-electron chi connectivity index (χ2n) is 6.82. The molecule has 2 aromatic heterocycles. The van der Waals surface area contributed by atoms with E-state index in [0.717, 1.165) is 39.0 Å². The molecule has 5 N–H and O–H groups in total. The van der Waals surface area contributed by atoms with Crippen LogP contribution in [0.4, 0.5) is 17.1 Å². The Morgan fingerprint density at radius 1 is 1.18 bits per heavy atom. The molecule has 1 unspecified atom stereocenters. The van der Waals surface area contributed by atoms with Gasteiger partial charge in [0.2, 0.25) is 0 Å². The van der Waals surface area contributed by atoms with E-state index in [9.17, 15) is 10.0 Å². The lowest BCUT2D eigenvalue weighted by Gasteiger charge is -2.21. The number of pyridine rings is 1. The molecule has 3 heterocycles. The number of nitrogens with one attached hydrogen (secondary N) is 2. The number of aromatic nitrogens is 2. The van der Waals surface area contributed by atoms with Crippen molar-refractivity contribution in [2.24, 2.45) is 5.18 Å². The van der Waals surface area contributed by atoms with Crippen LogP contribution in [0.25, 0.3) is 22.2 Å². The molecule has 0 aliphatic carbocycles. The molecule has 28 heavy (non-hydrogen) atoms. The normalized spacial score (nSPS) is 15.0. The Morgan fingerprint density at radius 3 is 2.86 bits per heavy atom. The number of hydrogen-bond donors (Lipinski definition) is 4. The fraction of sp³-hybridized carbons (Fsp3) is 0.0952. The summed E-state index contributed by atoms with van der Waals surface area (Å²) < 4.78 is 0. The van der Waals surface area contributed by atoms with Crippen LogP contribution in [0, 0.1) is 4.91 Å². The average Bonchev–Trinajstić information content (AvgIpc) is 3.09. The van der Waals surface area contributed by atoms with Crippen LogP contribution < -0.4 is 11.1 Å². The first-order chi connectivity index (χ1) is 13.7. The predicted molar refractivity (Wildman–Crippen MR) is 109 cm³/mol. The van der Waals surface area contributed by atoms with Gasteiger partial charge < -0.3 is 21.1 Å². The van der Waals surface area contributed by atoms with Gasteiger partial charge in [0, 0.05) is 40.2 Å². The van der Waals surface area contributed by atoms with Gasteiger partial charge in [-0.25, -0.2) is 4.98 Å². The Kier molecular flexibility index (Phi) is 3.63. The Morgan fingerprint density at radius 2 is 2.04 bits per heavy atom. The molecular formula is C21H17N5O2. The lowest BCUT2D eigenvalue weighted by molar-refractivity contribution is 0.282. The Bertz CT molecular complexity index is 1230. The molecule has 7 nitrogen and oxygen atoms in total. The van der Waals surface area contributed by atoms with Gasteiger partial charge >= 0.3 is 0 Å². The second-order valence-corrected chi connectivity index (χ2v) is 6.82. The van der Waals surface area contributed by atoms with E-state index in [1.807, 2.05) is 30.5 Å². The number of aliphatic hydroxyl groups excluding tert-OH is 1. The summed E-state index contributed by atoms with van der Waals surface area (Å²) in [5.41, 5.74) is 12.6. The van der Waals surface area contributed by atoms with Gasteiger partial charge in [-0.1, -0.05) is 18.2 Å². The minimum Gasteiger partial charge on any atom is -0.397 e. The number of nitroso groups, excluding NO2 is 1. The highest BCUT2D eigenvalue weighted by molar-refractivity contribution is 6.01. The molecule has 0 amide bonds. The molecule has 1 aliphatic heterocycles. The van der Waals surface area contributed by atoms with Crippen molar-refractivity contribution in [1.82, 2.24) is 9.97 Å². The molecule has 4 aromatic rings. The van der Waals surface area contributed by atoms with E-state index in [2.05, 4.69) is 26.5 Å². The summed E-state index contributed by atoms with van der Waals surface area (Å²) in [5.74, 6) is 0. The minimum atomic E-state index is -0.316. The van der Waals surface area contributed by atoms with E-state index in [0.29, 0.717) is 5.56 Å². The summed E-state index contributed by atoms with van der Waals surface area (Å²) in [7, 11) is 0. The molecule has 5 rings (SSSR count). The molecule has 0 fully saturated rings. The number of H-pyrrole nitrogens is 1. The van der Waals surface area contributed by atoms with Crippen molar-refractivity contribution in [3.8, 4) is 11.1 Å². The van der Waals surface area contributed by atoms with E-state index in [1.54, 1.807) is 18.3 Å². The van der Waals surface area contributed by atoms with Gasteiger partial charge in [0.1, 0.15) is 11.3 Å². The van der Waals surface area contributed by atoms with Crippen molar-refractivity contribution in [2.45, 2.75) is 12.6 Å². The standard InChI is InChI=1S/C21H17N5O2/c22-16-8-11(7-12(10-27)20(16)26-28)19-15-9-24-21-18(15)14(5-6-23-21)13-3-1-2-4-17(13)25-19/h1-9,19,25,27H,10,22H2,(H,23,24). The van der Waals surface area contributed by atoms with Crippen LogP contribution >= 0.6 is 0 Å². The topological polar surface area (TPSA) is 116 Å². The number of nitrogen functional groups attached to an aromatic ring is 1. The highest BCUT2D eigenvalue weighted by Gasteiger charge is 2.27. The number of fused-ring (bicyclic) bond motifs is 2. The maximum atomic E-state index is 11.1. The van der Waals surface area contributed by atoms with E-state index >= 15 is 0 Å². The maximum Gasteiger partial charge on any atom is 0.138 e. The van der Waals surface area contributed by atoms with Crippen molar-refractivity contribution in [1.29, 1.82) is 0 Å².